The summed E-state index contributed by atoms with van der Waals surface area (Å²) < 4.78 is 9.64. The van der Waals surface area contributed by atoms with E-state index in [0.717, 1.165) is 19.3 Å². The Labute approximate surface area is 84.6 Å². The highest BCUT2D eigenvalue weighted by Crippen LogP contribution is 2.16. The van der Waals surface area contributed by atoms with E-state index >= 15 is 0 Å². The van der Waals surface area contributed by atoms with Gasteiger partial charge in [-0.25, -0.2) is 0 Å². The van der Waals surface area contributed by atoms with Crippen molar-refractivity contribution in [2.75, 3.05) is 6.61 Å². The lowest BCUT2D eigenvalue weighted by Gasteiger charge is -2.23. The van der Waals surface area contributed by atoms with Gasteiger partial charge in [-0.15, -0.1) is 0 Å². The minimum atomic E-state index is -0.137. The van der Waals surface area contributed by atoms with Crippen LogP contribution < -0.4 is 0 Å². The highest BCUT2D eigenvalue weighted by atomic mass is 16.5. The summed E-state index contributed by atoms with van der Waals surface area (Å²) in [5.41, 5.74) is 0. The summed E-state index contributed by atoms with van der Waals surface area (Å²) in [6.45, 7) is 5.21. The lowest BCUT2D eigenvalue weighted by Crippen LogP contribution is -2.27. The van der Waals surface area contributed by atoms with Crippen LogP contribution in [0.25, 0.3) is 0 Å². The number of ether oxygens (including phenoxy) is 2. The molecule has 4 nitrogen and oxygen atoms in total. The molecule has 2 unspecified atom stereocenters. The van der Waals surface area contributed by atoms with E-state index in [-0.39, 0.29) is 12.0 Å². The van der Waals surface area contributed by atoms with Crippen LogP contribution in [-0.4, -0.2) is 25.7 Å². The van der Waals surface area contributed by atoms with Crippen LogP contribution >= 0.6 is 0 Å². The molecule has 0 heterocycles. The fraction of sp³-hybridized carbons (Fsp3) is 0.800. The van der Waals surface area contributed by atoms with Gasteiger partial charge in [-0.1, -0.05) is 20.3 Å². The molecular formula is C10H18O4. The van der Waals surface area contributed by atoms with Crippen molar-refractivity contribution in [1.82, 2.24) is 0 Å². The Bertz CT molecular complexity index is 158. The van der Waals surface area contributed by atoms with Crippen molar-refractivity contribution >= 4 is 12.9 Å². The molecule has 0 spiro atoms. The Morgan fingerprint density at radius 3 is 2.36 bits per heavy atom. The molecule has 0 radical (unpaired) electrons. The Hall–Kier alpha value is -1.06. The SMILES string of the molecule is CCCC(OC=O)C(CC)COC=O. The Morgan fingerprint density at radius 1 is 1.21 bits per heavy atom. The van der Waals surface area contributed by atoms with Crippen molar-refractivity contribution in [3.05, 3.63) is 0 Å². The zero-order valence-electron chi connectivity index (χ0n) is 8.77. The molecule has 0 aliphatic carbocycles. The van der Waals surface area contributed by atoms with Gasteiger partial charge in [0.2, 0.25) is 0 Å². The van der Waals surface area contributed by atoms with Gasteiger partial charge in [0.05, 0.1) is 6.61 Å². The van der Waals surface area contributed by atoms with Crippen LogP contribution in [0, 0.1) is 5.92 Å². The first-order valence-corrected chi connectivity index (χ1v) is 4.94. The number of hydrogen-bond acceptors (Lipinski definition) is 4. The maximum absolute atomic E-state index is 10.3. The van der Waals surface area contributed by atoms with Crippen molar-refractivity contribution in [2.45, 2.75) is 39.2 Å². The first-order valence-electron chi connectivity index (χ1n) is 4.94. The molecule has 4 heteroatoms. The molecule has 0 amide bonds. The topological polar surface area (TPSA) is 52.6 Å². The van der Waals surface area contributed by atoms with Gasteiger partial charge >= 0.3 is 0 Å². The van der Waals surface area contributed by atoms with E-state index < -0.39 is 0 Å². The van der Waals surface area contributed by atoms with Crippen molar-refractivity contribution in [3.8, 4) is 0 Å². The summed E-state index contributed by atoms with van der Waals surface area (Å²) in [5, 5.41) is 0. The van der Waals surface area contributed by atoms with Gasteiger partial charge in [0.15, 0.2) is 0 Å². The predicted octanol–water partition coefficient (Wildman–Crippen LogP) is 1.53. The maximum atomic E-state index is 10.3. The van der Waals surface area contributed by atoms with Crippen molar-refractivity contribution in [3.63, 3.8) is 0 Å². The standard InChI is InChI=1S/C10H18O4/c1-3-5-10(14-8-12)9(4-2)6-13-7-11/h7-10H,3-6H2,1-2H3. The summed E-state index contributed by atoms with van der Waals surface area (Å²) >= 11 is 0. The molecule has 0 bridgehead atoms. The van der Waals surface area contributed by atoms with Gasteiger partial charge < -0.3 is 9.47 Å². The van der Waals surface area contributed by atoms with Gasteiger partial charge in [0, 0.05) is 5.92 Å². The normalized spacial score (nSPS) is 14.1. The number of hydrogen-bond donors (Lipinski definition) is 0. The summed E-state index contributed by atoms with van der Waals surface area (Å²) in [6, 6.07) is 0. The summed E-state index contributed by atoms with van der Waals surface area (Å²) in [6.07, 6.45) is 2.43. The second kappa shape index (κ2) is 8.53. The fourth-order valence-electron chi connectivity index (χ4n) is 1.42. The molecule has 82 valence electrons. The lowest BCUT2D eigenvalue weighted by molar-refractivity contribution is -0.140. The molecule has 0 fully saturated rings. The number of carbonyl (C=O) groups excluding carboxylic acids is 2. The molecular weight excluding hydrogens is 184 g/mol. The number of rotatable bonds is 9. The van der Waals surface area contributed by atoms with E-state index in [9.17, 15) is 9.59 Å². The monoisotopic (exact) mass is 202 g/mol. The zero-order valence-corrected chi connectivity index (χ0v) is 8.77. The van der Waals surface area contributed by atoms with E-state index in [4.69, 9.17) is 4.74 Å². The highest BCUT2D eigenvalue weighted by Gasteiger charge is 2.20. The molecule has 0 N–H and O–H groups in total. The van der Waals surface area contributed by atoms with Crippen molar-refractivity contribution in [2.24, 2.45) is 5.92 Å². The van der Waals surface area contributed by atoms with Crippen LogP contribution in [0.5, 0.6) is 0 Å². The molecule has 0 aliphatic heterocycles. The van der Waals surface area contributed by atoms with E-state index in [2.05, 4.69) is 4.74 Å². The molecule has 0 aliphatic rings. The quantitative estimate of drug-likeness (QED) is 0.532. The van der Waals surface area contributed by atoms with Crippen molar-refractivity contribution in [1.29, 1.82) is 0 Å². The number of carbonyl (C=O) groups is 2. The molecule has 14 heavy (non-hydrogen) atoms. The van der Waals surface area contributed by atoms with E-state index in [0.29, 0.717) is 19.6 Å². The Kier molecular flexibility index (Phi) is 7.89. The fourth-order valence-corrected chi connectivity index (χ4v) is 1.42. The Morgan fingerprint density at radius 2 is 1.93 bits per heavy atom. The van der Waals surface area contributed by atoms with Crippen LogP contribution in [0.4, 0.5) is 0 Å². The average molecular weight is 202 g/mol. The van der Waals surface area contributed by atoms with Gasteiger partial charge in [0.1, 0.15) is 6.10 Å². The summed E-state index contributed by atoms with van der Waals surface area (Å²) in [4.78, 5) is 20.3. The van der Waals surface area contributed by atoms with Gasteiger partial charge in [-0.2, -0.15) is 0 Å². The van der Waals surface area contributed by atoms with Crippen LogP contribution in [0.3, 0.4) is 0 Å². The molecule has 2 atom stereocenters. The first kappa shape index (κ1) is 12.9. The molecule has 0 aromatic heterocycles. The lowest BCUT2D eigenvalue weighted by atomic mass is 9.97. The van der Waals surface area contributed by atoms with E-state index in [1.165, 1.54) is 0 Å². The molecule has 0 saturated heterocycles. The predicted molar refractivity (Wildman–Crippen MR) is 51.6 cm³/mol. The Balaban J connectivity index is 4.08. The zero-order chi connectivity index (χ0) is 10.8. The minimum Gasteiger partial charge on any atom is -0.467 e. The molecule has 0 saturated carbocycles. The van der Waals surface area contributed by atoms with Gasteiger partial charge in [-0.05, 0) is 12.8 Å². The van der Waals surface area contributed by atoms with E-state index in [1.54, 1.807) is 0 Å². The summed E-state index contributed by atoms with van der Waals surface area (Å²) in [5.74, 6) is 0.102. The molecule has 0 rings (SSSR count). The summed E-state index contributed by atoms with van der Waals surface area (Å²) in [7, 11) is 0. The third-order valence-electron chi connectivity index (χ3n) is 2.23. The largest absolute Gasteiger partial charge is 0.467 e. The second-order valence-electron chi connectivity index (χ2n) is 3.16. The van der Waals surface area contributed by atoms with Crippen molar-refractivity contribution < 1.29 is 19.1 Å². The molecule has 0 aromatic rings. The third kappa shape index (κ3) is 4.84. The maximum Gasteiger partial charge on any atom is 0.293 e. The second-order valence-corrected chi connectivity index (χ2v) is 3.16. The minimum absolute atomic E-state index is 0.102. The third-order valence-corrected chi connectivity index (χ3v) is 2.23. The van der Waals surface area contributed by atoms with Crippen LogP contribution in [0.2, 0.25) is 0 Å². The first-order chi connectivity index (χ1) is 6.79. The van der Waals surface area contributed by atoms with Crippen LogP contribution in [-0.2, 0) is 19.1 Å². The van der Waals surface area contributed by atoms with Crippen LogP contribution in [0.15, 0.2) is 0 Å². The van der Waals surface area contributed by atoms with Crippen LogP contribution in [0.1, 0.15) is 33.1 Å². The smallest absolute Gasteiger partial charge is 0.293 e. The van der Waals surface area contributed by atoms with E-state index in [1.807, 2.05) is 13.8 Å². The molecule has 0 aromatic carbocycles. The van der Waals surface area contributed by atoms with Gasteiger partial charge in [-0.3, -0.25) is 9.59 Å². The van der Waals surface area contributed by atoms with Gasteiger partial charge in [0.25, 0.3) is 12.9 Å². The highest BCUT2D eigenvalue weighted by molar-refractivity contribution is 5.38. The average Bonchev–Trinajstić information content (AvgIpc) is 2.19.